The highest BCUT2D eigenvalue weighted by Gasteiger charge is 2.20. The molecule has 0 aliphatic carbocycles. The van der Waals surface area contributed by atoms with Gasteiger partial charge in [0.1, 0.15) is 5.75 Å². The highest BCUT2D eigenvalue weighted by atomic mass is 16.5. The number of rotatable bonds is 6. The Hall–Kier alpha value is -2.24. The standard InChI is InChI=1S/C14H20N2O4/c1-4-16(10-9-13(17)18)14(19)15(2)11-7-5-6-8-12(11)20-3/h5-8H,4,9-10H2,1-3H3,(H,17,18). The molecule has 1 aromatic rings. The van der Waals surface area contributed by atoms with Gasteiger partial charge in [0.2, 0.25) is 0 Å². The van der Waals surface area contributed by atoms with Crippen molar-refractivity contribution < 1.29 is 19.4 Å². The van der Waals surface area contributed by atoms with E-state index in [4.69, 9.17) is 9.84 Å². The number of carbonyl (C=O) groups excluding carboxylic acids is 1. The number of hydrogen-bond donors (Lipinski definition) is 1. The average molecular weight is 280 g/mol. The van der Waals surface area contributed by atoms with E-state index in [1.54, 1.807) is 26.3 Å². The highest BCUT2D eigenvalue weighted by Crippen LogP contribution is 2.27. The summed E-state index contributed by atoms with van der Waals surface area (Å²) in [7, 11) is 3.18. The molecule has 1 aromatic carbocycles. The molecule has 0 heterocycles. The Balaban J connectivity index is 2.85. The van der Waals surface area contributed by atoms with E-state index in [1.807, 2.05) is 19.1 Å². The molecule has 0 fully saturated rings. The summed E-state index contributed by atoms with van der Waals surface area (Å²) < 4.78 is 5.22. The van der Waals surface area contributed by atoms with Crippen molar-refractivity contribution in [3.63, 3.8) is 0 Å². The van der Waals surface area contributed by atoms with E-state index in [-0.39, 0.29) is 19.0 Å². The molecular formula is C14H20N2O4. The third-order valence-corrected chi connectivity index (χ3v) is 2.98. The number of methoxy groups -OCH3 is 1. The molecule has 6 nitrogen and oxygen atoms in total. The second kappa shape index (κ2) is 7.37. The maximum absolute atomic E-state index is 12.4. The van der Waals surface area contributed by atoms with Crippen molar-refractivity contribution in [2.45, 2.75) is 13.3 Å². The SMILES string of the molecule is CCN(CCC(=O)O)C(=O)N(C)c1ccccc1OC. The van der Waals surface area contributed by atoms with Gasteiger partial charge in [-0.1, -0.05) is 12.1 Å². The zero-order chi connectivity index (χ0) is 15.1. The van der Waals surface area contributed by atoms with Gasteiger partial charge in [-0.2, -0.15) is 0 Å². The van der Waals surface area contributed by atoms with Crippen molar-refractivity contribution in [3.05, 3.63) is 24.3 Å². The summed E-state index contributed by atoms with van der Waals surface area (Å²) >= 11 is 0. The quantitative estimate of drug-likeness (QED) is 0.865. The summed E-state index contributed by atoms with van der Waals surface area (Å²) in [4.78, 5) is 25.9. The zero-order valence-corrected chi connectivity index (χ0v) is 12.0. The van der Waals surface area contributed by atoms with Crippen molar-refractivity contribution in [2.24, 2.45) is 0 Å². The van der Waals surface area contributed by atoms with Crippen molar-refractivity contribution in [3.8, 4) is 5.75 Å². The summed E-state index contributed by atoms with van der Waals surface area (Å²) in [5.74, 6) is -0.325. The van der Waals surface area contributed by atoms with Gasteiger partial charge in [-0.25, -0.2) is 4.79 Å². The molecule has 0 bridgehead atoms. The Morgan fingerprint density at radius 3 is 2.50 bits per heavy atom. The van der Waals surface area contributed by atoms with Crippen LogP contribution in [0.1, 0.15) is 13.3 Å². The summed E-state index contributed by atoms with van der Waals surface area (Å²) in [6.45, 7) is 2.45. The molecule has 0 aliphatic rings. The lowest BCUT2D eigenvalue weighted by Gasteiger charge is -2.27. The normalized spacial score (nSPS) is 9.95. The van der Waals surface area contributed by atoms with Crippen LogP contribution in [0, 0.1) is 0 Å². The monoisotopic (exact) mass is 280 g/mol. The number of hydrogen-bond acceptors (Lipinski definition) is 3. The van der Waals surface area contributed by atoms with Gasteiger partial charge >= 0.3 is 12.0 Å². The molecule has 0 spiro atoms. The van der Waals surface area contributed by atoms with Crippen molar-refractivity contribution >= 4 is 17.7 Å². The number of amides is 2. The molecule has 6 heteroatoms. The molecule has 0 atom stereocenters. The van der Waals surface area contributed by atoms with Crippen LogP contribution in [0.2, 0.25) is 0 Å². The van der Waals surface area contributed by atoms with Gasteiger partial charge in [-0.15, -0.1) is 0 Å². The largest absolute Gasteiger partial charge is 0.495 e. The third-order valence-electron chi connectivity index (χ3n) is 2.98. The van der Waals surface area contributed by atoms with Crippen LogP contribution in [-0.2, 0) is 4.79 Å². The van der Waals surface area contributed by atoms with E-state index in [2.05, 4.69) is 0 Å². The van der Waals surface area contributed by atoms with E-state index < -0.39 is 5.97 Å². The van der Waals surface area contributed by atoms with Crippen LogP contribution in [0.15, 0.2) is 24.3 Å². The molecular weight excluding hydrogens is 260 g/mol. The first-order valence-corrected chi connectivity index (χ1v) is 6.38. The predicted octanol–water partition coefficient (Wildman–Crippen LogP) is 2.05. The lowest BCUT2D eigenvalue weighted by Crippen LogP contribution is -2.42. The van der Waals surface area contributed by atoms with E-state index in [0.717, 1.165) is 0 Å². The minimum absolute atomic E-state index is 0.0701. The number of anilines is 1. The van der Waals surface area contributed by atoms with Gasteiger partial charge in [-0.05, 0) is 19.1 Å². The number of nitrogens with zero attached hydrogens (tertiary/aromatic N) is 2. The third kappa shape index (κ3) is 3.88. The molecule has 2 amide bonds. The van der Waals surface area contributed by atoms with E-state index in [1.165, 1.54) is 9.80 Å². The van der Waals surface area contributed by atoms with Crippen LogP contribution in [0.25, 0.3) is 0 Å². The molecule has 0 aromatic heterocycles. The van der Waals surface area contributed by atoms with Gasteiger partial charge in [0.05, 0.1) is 19.2 Å². The molecule has 0 aliphatic heterocycles. The van der Waals surface area contributed by atoms with E-state index >= 15 is 0 Å². The highest BCUT2D eigenvalue weighted by molar-refractivity contribution is 5.93. The van der Waals surface area contributed by atoms with Crippen LogP contribution >= 0.6 is 0 Å². The fraction of sp³-hybridized carbons (Fsp3) is 0.429. The van der Waals surface area contributed by atoms with Gasteiger partial charge in [-0.3, -0.25) is 9.69 Å². The van der Waals surface area contributed by atoms with Crippen LogP contribution in [0.5, 0.6) is 5.75 Å². The maximum atomic E-state index is 12.4. The molecule has 0 saturated carbocycles. The number of para-hydroxylation sites is 2. The van der Waals surface area contributed by atoms with Gasteiger partial charge in [0.15, 0.2) is 0 Å². The number of carbonyl (C=O) groups is 2. The topological polar surface area (TPSA) is 70.1 Å². The van der Waals surface area contributed by atoms with Crippen LogP contribution in [0.3, 0.4) is 0 Å². The Morgan fingerprint density at radius 2 is 1.95 bits per heavy atom. The number of carboxylic acid groups (broad SMARTS) is 1. The summed E-state index contributed by atoms with van der Waals surface area (Å²) in [6, 6.07) is 6.94. The van der Waals surface area contributed by atoms with Crippen LogP contribution in [0.4, 0.5) is 10.5 Å². The second-order valence-corrected chi connectivity index (χ2v) is 4.24. The first-order chi connectivity index (χ1) is 9.51. The predicted molar refractivity (Wildman–Crippen MR) is 76.3 cm³/mol. The first kappa shape index (κ1) is 15.8. The van der Waals surface area contributed by atoms with E-state index in [9.17, 15) is 9.59 Å². The minimum Gasteiger partial charge on any atom is -0.495 e. The number of carboxylic acids is 1. The Morgan fingerprint density at radius 1 is 1.30 bits per heavy atom. The molecule has 0 saturated heterocycles. The Kier molecular flexibility index (Phi) is 5.83. The molecule has 0 unspecified atom stereocenters. The Labute approximate surface area is 118 Å². The summed E-state index contributed by atoms with van der Waals surface area (Å²) in [5.41, 5.74) is 0.647. The molecule has 20 heavy (non-hydrogen) atoms. The van der Waals surface area contributed by atoms with Gasteiger partial charge in [0, 0.05) is 20.1 Å². The van der Waals surface area contributed by atoms with Crippen LogP contribution in [-0.4, -0.2) is 49.3 Å². The fourth-order valence-corrected chi connectivity index (χ4v) is 1.84. The summed E-state index contributed by atoms with van der Waals surface area (Å²) in [6.07, 6.45) is -0.0701. The van der Waals surface area contributed by atoms with Crippen molar-refractivity contribution in [1.82, 2.24) is 4.90 Å². The number of urea groups is 1. The molecule has 1 rings (SSSR count). The molecule has 1 N–H and O–H groups in total. The minimum atomic E-state index is -0.920. The number of aliphatic carboxylic acids is 1. The first-order valence-electron chi connectivity index (χ1n) is 6.38. The van der Waals surface area contributed by atoms with Crippen LogP contribution < -0.4 is 9.64 Å². The van der Waals surface area contributed by atoms with Crippen molar-refractivity contribution in [1.29, 1.82) is 0 Å². The fourth-order valence-electron chi connectivity index (χ4n) is 1.84. The molecule has 0 radical (unpaired) electrons. The summed E-state index contributed by atoms with van der Waals surface area (Å²) in [5, 5.41) is 8.71. The Bertz CT molecular complexity index is 476. The zero-order valence-electron chi connectivity index (χ0n) is 12.0. The lowest BCUT2D eigenvalue weighted by atomic mass is 10.2. The molecule has 110 valence electrons. The smallest absolute Gasteiger partial charge is 0.324 e. The van der Waals surface area contributed by atoms with Gasteiger partial charge < -0.3 is 14.7 Å². The number of benzene rings is 1. The van der Waals surface area contributed by atoms with E-state index in [0.29, 0.717) is 18.0 Å². The number of ether oxygens (including phenoxy) is 1. The second-order valence-electron chi connectivity index (χ2n) is 4.24. The lowest BCUT2D eigenvalue weighted by molar-refractivity contribution is -0.137. The maximum Gasteiger partial charge on any atom is 0.324 e. The average Bonchev–Trinajstić information content (AvgIpc) is 2.46. The van der Waals surface area contributed by atoms with Gasteiger partial charge in [0.25, 0.3) is 0 Å². The van der Waals surface area contributed by atoms with Crippen molar-refractivity contribution in [2.75, 3.05) is 32.1 Å².